The van der Waals surface area contributed by atoms with Gasteiger partial charge in [-0.25, -0.2) is 9.78 Å². The summed E-state index contributed by atoms with van der Waals surface area (Å²) in [7, 11) is 1.32. The van der Waals surface area contributed by atoms with Crippen molar-refractivity contribution in [3.8, 4) is 0 Å². The molecule has 0 saturated carbocycles. The van der Waals surface area contributed by atoms with Crippen molar-refractivity contribution in [2.75, 3.05) is 20.2 Å². The van der Waals surface area contributed by atoms with Gasteiger partial charge in [0.15, 0.2) is 5.16 Å². The second kappa shape index (κ2) is 9.43. The van der Waals surface area contributed by atoms with Gasteiger partial charge in [-0.1, -0.05) is 25.1 Å². The van der Waals surface area contributed by atoms with Crippen LogP contribution in [-0.4, -0.2) is 51.8 Å². The standard InChI is InChI=1S/C21H27N3O4S/c1-4-5-12-24-19(26)16-9-8-15(20(27)28-3)13-17(16)22-21(24)29-14(2)18(25)23-10-6-7-11-23/h8-9,13-14H,4-7,10-12H2,1-3H3/t14-/m0/s1. The lowest BCUT2D eigenvalue weighted by atomic mass is 10.1. The van der Waals surface area contributed by atoms with Crippen molar-refractivity contribution in [3.63, 3.8) is 0 Å². The number of hydrogen-bond donors (Lipinski definition) is 0. The Hall–Kier alpha value is -2.35. The van der Waals surface area contributed by atoms with Crippen LogP contribution in [0.1, 0.15) is 49.9 Å². The highest BCUT2D eigenvalue weighted by Crippen LogP contribution is 2.26. The fourth-order valence-electron chi connectivity index (χ4n) is 3.45. The SMILES string of the molecule is CCCCn1c(S[C@@H](C)C(=O)N2CCCC2)nc2cc(C(=O)OC)ccc2c1=O. The topological polar surface area (TPSA) is 81.5 Å². The van der Waals surface area contributed by atoms with Gasteiger partial charge in [0, 0.05) is 19.6 Å². The molecular formula is C21H27N3O4S. The number of carbonyl (C=O) groups excluding carboxylic acids is 2. The number of esters is 1. The van der Waals surface area contributed by atoms with Gasteiger partial charge in [0.1, 0.15) is 0 Å². The van der Waals surface area contributed by atoms with E-state index in [-0.39, 0.29) is 16.7 Å². The molecule has 0 bridgehead atoms. The minimum Gasteiger partial charge on any atom is -0.465 e. The number of fused-ring (bicyclic) bond motifs is 1. The molecule has 0 radical (unpaired) electrons. The number of rotatable bonds is 7. The lowest BCUT2D eigenvalue weighted by molar-refractivity contribution is -0.129. The molecule has 1 aromatic heterocycles. The zero-order chi connectivity index (χ0) is 21.0. The first-order valence-electron chi connectivity index (χ1n) is 10.0. The van der Waals surface area contributed by atoms with Crippen molar-refractivity contribution in [2.45, 2.75) is 56.5 Å². The van der Waals surface area contributed by atoms with Gasteiger partial charge in [-0.15, -0.1) is 0 Å². The van der Waals surface area contributed by atoms with Crippen LogP contribution in [0.25, 0.3) is 10.9 Å². The summed E-state index contributed by atoms with van der Waals surface area (Å²) in [5, 5.41) is 0.628. The largest absolute Gasteiger partial charge is 0.465 e. The lowest BCUT2D eigenvalue weighted by Crippen LogP contribution is -2.34. The van der Waals surface area contributed by atoms with E-state index in [1.807, 2.05) is 11.8 Å². The minimum absolute atomic E-state index is 0.0761. The van der Waals surface area contributed by atoms with Gasteiger partial charge in [-0.2, -0.15) is 0 Å². The number of thioether (sulfide) groups is 1. The van der Waals surface area contributed by atoms with E-state index in [1.54, 1.807) is 22.8 Å². The molecule has 0 aliphatic carbocycles. The molecule has 8 heteroatoms. The van der Waals surface area contributed by atoms with Gasteiger partial charge >= 0.3 is 5.97 Å². The highest BCUT2D eigenvalue weighted by atomic mass is 32.2. The Labute approximate surface area is 174 Å². The van der Waals surface area contributed by atoms with Crippen molar-refractivity contribution in [1.29, 1.82) is 0 Å². The first kappa shape index (κ1) is 21.4. The van der Waals surface area contributed by atoms with Crippen molar-refractivity contribution in [1.82, 2.24) is 14.5 Å². The van der Waals surface area contributed by atoms with Crippen LogP contribution in [0.15, 0.2) is 28.2 Å². The average Bonchev–Trinajstić information content (AvgIpc) is 3.26. The Morgan fingerprint density at radius 3 is 2.66 bits per heavy atom. The molecular weight excluding hydrogens is 390 g/mol. The van der Waals surface area contributed by atoms with E-state index in [2.05, 4.69) is 11.9 Å². The van der Waals surface area contributed by atoms with Gasteiger partial charge in [-0.3, -0.25) is 14.2 Å². The zero-order valence-electron chi connectivity index (χ0n) is 17.1. The molecule has 156 valence electrons. The molecule has 0 spiro atoms. The maximum Gasteiger partial charge on any atom is 0.337 e. The Morgan fingerprint density at radius 2 is 2.00 bits per heavy atom. The van der Waals surface area contributed by atoms with Crippen molar-refractivity contribution >= 4 is 34.5 Å². The number of aromatic nitrogens is 2. The number of nitrogens with zero attached hydrogens (tertiary/aromatic N) is 3. The van der Waals surface area contributed by atoms with Crippen molar-refractivity contribution in [3.05, 3.63) is 34.1 Å². The summed E-state index contributed by atoms with van der Waals surface area (Å²) >= 11 is 1.31. The van der Waals surface area contributed by atoms with E-state index in [9.17, 15) is 14.4 Å². The third kappa shape index (κ3) is 4.63. The predicted molar refractivity (Wildman–Crippen MR) is 113 cm³/mol. The number of likely N-dealkylation sites (tertiary alicyclic amines) is 1. The van der Waals surface area contributed by atoms with E-state index in [0.29, 0.717) is 28.2 Å². The summed E-state index contributed by atoms with van der Waals surface area (Å²) in [6.45, 7) is 6.05. The first-order chi connectivity index (χ1) is 14.0. The molecule has 1 aromatic carbocycles. The summed E-state index contributed by atoms with van der Waals surface area (Å²) in [5.41, 5.74) is 0.632. The number of methoxy groups -OCH3 is 1. The van der Waals surface area contributed by atoms with E-state index in [1.165, 1.54) is 18.9 Å². The summed E-state index contributed by atoms with van der Waals surface area (Å²) < 4.78 is 6.42. The number of carbonyl (C=O) groups is 2. The number of unbranched alkanes of at least 4 members (excludes halogenated alkanes) is 1. The molecule has 1 atom stereocenters. The molecule has 0 N–H and O–H groups in total. The predicted octanol–water partition coefficient (Wildman–Crippen LogP) is 3.09. The Balaban J connectivity index is 2.00. The number of amides is 1. The highest BCUT2D eigenvalue weighted by molar-refractivity contribution is 8.00. The van der Waals surface area contributed by atoms with Gasteiger partial charge < -0.3 is 9.64 Å². The molecule has 29 heavy (non-hydrogen) atoms. The number of benzene rings is 1. The van der Waals surface area contributed by atoms with Gasteiger partial charge in [0.05, 0.1) is 28.8 Å². The van der Waals surface area contributed by atoms with Crippen LogP contribution in [0.3, 0.4) is 0 Å². The summed E-state index contributed by atoms with van der Waals surface area (Å²) in [6, 6.07) is 4.77. The molecule has 1 aliphatic rings. The Kier molecular flexibility index (Phi) is 6.95. The van der Waals surface area contributed by atoms with E-state index >= 15 is 0 Å². The molecule has 2 heterocycles. The molecule has 1 aliphatic heterocycles. The van der Waals surface area contributed by atoms with Crippen molar-refractivity contribution < 1.29 is 14.3 Å². The van der Waals surface area contributed by atoms with Gasteiger partial charge in [-0.05, 0) is 44.4 Å². The fraction of sp³-hybridized carbons (Fsp3) is 0.524. The highest BCUT2D eigenvalue weighted by Gasteiger charge is 2.26. The zero-order valence-corrected chi connectivity index (χ0v) is 18.0. The van der Waals surface area contributed by atoms with Crippen molar-refractivity contribution in [2.24, 2.45) is 0 Å². The van der Waals surface area contributed by atoms with Crippen LogP contribution in [0.4, 0.5) is 0 Å². The second-order valence-corrected chi connectivity index (χ2v) is 8.53. The van der Waals surface area contributed by atoms with E-state index in [4.69, 9.17) is 4.74 Å². The fourth-order valence-corrected chi connectivity index (χ4v) is 4.47. The molecule has 7 nitrogen and oxygen atoms in total. The quantitative estimate of drug-likeness (QED) is 0.391. The second-order valence-electron chi connectivity index (χ2n) is 7.22. The van der Waals surface area contributed by atoms with Crippen LogP contribution in [0.5, 0.6) is 0 Å². The van der Waals surface area contributed by atoms with Crippen LogP contribution in [0, 0.1) is 0 Å². The Morgan fingerprint density at radius 1 is 1.28 bits per heavy atom. The summed E-state index contributed by atoms with van der Waals surface area (Å²) in [4.78, 5) is 44.2. The van der Waals surface area contributed by atoms with Gasteiger partial charge in [0.2, 0.25) is 5.91 Å². The van der Waals surface area contributed by atoms with Crippen LogP contribution in [-0.2, 0) is 16.1 Å². The Bertz CT molecular complexity index is 966. The molecule has 1 amide bonds. The third-order valence-electron chi connectivity index (χ3n) is 5.12. The monoisotopic (exact) mass is 417 g/mol. The van der Waals surface area contributed by atoms with Gasteiger partial charge in [0.25, 0.3) is 5.56 Å². The lowest BCUT2D eigenvalue weighted by Gasteiger charge is -2.21. The molecule has 0 unspecified atom stereocenters. The summed E-state index contributed by atoms with van der Waals surface area (Å²) in [5.74, 6) is -0.400. The molecule has 3 rings (SSSR count). The third-order valence-corrected chi connectivity index (χ3v) is 6.20. The normalized spacial score (nSPS) is 14.9. The van der Waals surface area contributed by atoms with Crippen LogP contribution in [0.2, 0.25) is 0 Å². The van der Waals surface area contributed by atoms with Crippen LogP contribution < -0.4 is 5.56 Å². The number of hydrogen-bond acceptors (Lipinski definition) is 6. The smallest absolute Gasteiger partial charge is 0.337 e. The molecule has 2 aromatic rings. The number of ether oxygens (including phenoxy) is 1. The minimum atomic E-state index is -0.476. The maximum absolute atomic E-state index is 13.1. The maximum atomic E-state index is 13.1. The summed E-state index contributed by atoms with van der Waals surface area (Å²) in [6.07, 6.45) is 3.86. The average molecular weight is 418 g/mol. The molecule has 1 fully saturated rings. The van der Waals surface area contributed by atoms with E-state index < -0.39 is 5.97 Å². The first-order valence-corrected chi connectivity index (χ1v) is 10.9. The van der Waals surface area contributed by atoms with Crippen LogP contribution >= 0.6 is 11.8 Å². The molecule has 1 saturated heterocycles. The van der Waals surface area contributed by atoms with E-state index in [0.717, 1.165) is 38.8 Å².